The predicted octanol–water partition coefficient (Wildman–Crippen LogP) is 3.69. The maximum absolute atomic E-state index is 12.2. The first kappa shape index (κ1) is 15.8. The fraction of sp³-hybridized carbons (Fsp3) is 0.556. The van der Waals surface area contributed by atoms with Gasteiger partial charge in [-0.3, -0.25) is 0 Å². The van der Waals surface area contributed by atoms with E-state index in [4.69, 9.17) is 11.3 Å². The van der Waals surface area contributed by atoms with Crippen molar-refractivity contribution in [2.24, 2.45) is 0 Å². The van der Waals surface area contributed by atoms with Crippen LogP contribution in [0.15, 0.2) is 24.3 Å². The average molecular weight is 313 g/mol. The van der Waals surface area contributed by atoms with Gasteiger partial charge in [0.2, 0.25) is 0 Å². The number of carbonyl (C=O) groups excluding carboxylic acids is 1. The van der Waals surface area contributed by atoms with E-state index < -0.39 is 0 Å². The van der Waals surface area contributed by atoms with Gasteiger partial charge >= 0.3 is 6.09 Å². The van der Waals surface area contributed by atoms with Gasteiger partial charge in [-0.2, -0.15) is 0 Å². The Morgan fingerprint density at radius 1 is 1.04 bits per heavy atom. The molecule has 122 valence electrons. The molecular formula is C18H23N3O2. The summed E-state index contributed by atoms with van der Waals surface area (Å²) in [5.74, 6) is 0.501. The molecular weight excluding hydrogens is 290 g/mol. The molecule has 0 unspecified atom stereocenters. The van der Waals surface area contributed by atoms with E-state index in [1.165, 1.54) is 32.4 Å². The van der Waals surface area contributed by atoms with Crippen LogP contribution < -0.4 is 4.74 Å². The van der Waals surface area contributed by atoms with Crippen molar-refractivity contribution in [3.63, 3.8) is 0 Å². The molecule has 0 saturated carbocycles. The van der Waals surface area contributed by atoms with Crippen molar-refractivity contribution in [1.82, 2.24) is 9.80 Å². The third kappa shape index (κ3) is 4.02. The van der Waals surface area contributed by atoms with Crippen LogP contribution in [-0.2, 0) is 0 Å². The van der Waals surface area contributed by atoms with Crippen LogP contribution >= 0.6 is 0 Å². The molecule has 0 radical (unpaired) electrons. The molecule has 3 rings (SSSR count). The second-order valence-electron chi connectivity index (χ2n) is 6.29. The third-order valence-corrected chi connectivity index (χ3v) is 4.80. The fourth-order valence-corrected chi connectivity index (χ4v) is 3.45. The first-order valence-electron chi connectivity index (χ1n) is 8.44. The van der Waals surface area contributed by atoms with Crippen molar-refractivity contribution in [2.75, 3.05) is 26.2 Å². The lowest BCUT2D eigenvalue weighted by Crippen LogP contribution is -2.48. The summed E-state index contributed by atoms with van der Waals surface area (Å²) >= 11 is 0. The average Bonchev–Trinajstić information content (AvgIpc) is 2.63. The maximum atomic E-state index is 12.2. The SMILES string of the molecule is [C-]#[N+]c1ccc(OC(=O)N2CCC(N3CCCCC3)CC2)cc1. The van der Waals surface area contributed by atoms with E-state index in [9.17, 15) is 4.79 Å². The Morgan fingerprint density at radius 2 is 1.70 bits per heavy atom. The highest BCUT2D eigenvalue weighted by Crippen LogP contribution is 2.22. The second kappa shape index (κ2) is 7.47. The Morgan fingerprint density at radius 3 is 2.30 bits per heavy atom. The van der Waals surface area contributed by atoms with Gasteiger partial charge in [-0.25, -0.2) is 9.64 Å². The Balaban J connectivity index is 1.48. The van der Waals surface area contributed by atoms with E-state index in [1.807, 2.05) is 0 Å². The number of hydrogen-bond acceptors (Lipinski definition) is 3. The summed E-state index contributed by atoms with van der Waals surface area (Å²) in [5, 5.41) is 0. The lowest BCUT2D eigenvalue weighted by molar-refractivity contribution is 0.0878. The maximum Gasteiger partial charge on any atom is 0.415 e. The van der Waals surface area contributed by atoms with Gasteiger partial charge in [0.15, 0.2) is 5.69 Å². The molecule has 2 saturated heterocycles. The van der Waals surface area contributed by atoms with E-state index in [0.29, 0.717) is 17.5 Å². The van der Waals surface area contributed by atoms with Crippen molar-refractivity contribution in [1.29, 1.82) is 0 Å². The quantitative estimate of drug-likeness (QED) is 0.782. The third-order valence-electron chi connectivity index (χ3n) is 4.80. The lowest BCUT2D eigenvalue weighted by Gasteiger charge is -2.39. The first-order valence-corrected chi connectivity index (χ1v) is 8.44. The van der Waals surface area contributed by atoms with Crippen LogP contribution in [0.4, 0.5) is 10.5 Å². The number of piperidine rings is 2. The number of hydrogen-bond donors (Lipinski definition) is 0. The molecule has 2 aliphatic heterocycles. The molecule has 2 aliphatic rings. The van der Waals surface area contributed by atoms with E-state index >= 15 is 0 Å². The highest BCUT2D eigenvalue weighted by atomic mass is 16.6. The number of benzene rings is 1. The van der Waals surface area contributed by atoms with E-state index in [1.54, 1.807) is 29.2 Å². The summed E-state index contributed by atoms with van der Waals surface area (Å²) in [6.07, 6.45) is 5.76. The lowest BCUT2D eigenvalue weighted by atomic mass is 10.0. The minimum Gasteiger partial charge on any atom is -0.410 e. The highest BCUT2D eigenvalue weighted by Gasteiger charge is 2.28. The van der Waals surface area contributed by atoms with E-state index in [2.05, 4.69) is 9.74 Å². The molecule has 2 heterocycles. The fourth-order valence-electron chi connectivity index (χ4n) is 3.45. The summed E-state index contributed by atoms with van der Waals surface area (Å²) in [6.45, 7) is 10.9. The number of likely N-dealkylation sites (tertiary alicyclic amines) is 2. The number of amides is 1. The van der Waals surface area contributed by atoms with Gasteiger partial charge in [0.1, 0.15) is 5.75 Å². The van der Waals surface area contributed by atoms with E-state index in [-0.39, 0.29) is 6.09 Å². The largest absolute Gasteiger partial charge is 0.415 e. The van der Waals surface area contributed by atoms with Gasteiger partial charge in [0, 0.05) is 19.1 Å². The van der Waals surface area contributed by atoms with Crippen LogP contribution in [0.2, 0.25) is 0 Å². The molecule has 2 fully saturated rings. The van der Waals surface area contributed by atoms with Crippen LogP contribution in [0, 0.1) is 6.57 Å². The molecule has 0 atom stereocenters. The second-order valence-corrected chi connectivity index (χ2v) is 6.29. The zero-order valence-electron chi connectivity index (χ0n) is 13.4. The summed E-state index contributed by atoms with van der Waals surface area (Å²) in [4.78, 5) is 19.9. The van der Waals surface area contributed by atoms with E-state index in [0.717, 1.165) is 25.9 Å². The molecule has 0 bridgehead atoms. The van der Waals surface area contributed by atoms with Gasteiger partial charge in [0.05, 0.1) is 6.57 Å². The molecule has 1 amide bonds. The highest BCUT2D eigenvalue weighted by molar-refractivity contribution is 5.71. The van der Waals surface area contributed by atoms with Gasteiger partial charge in [-0.1, -0.05) is 18.6 Å². The van der Waals surface area contributed by atoms with Crippen molar-refractivity contribution in [3.8, 4) is 5.75 Å². The zero-order valence-corrected chi connectivity index (χ0v) is 13.4. The minimum atomic E-state index is -0.280. The Kier molecular flexibility index (Phi) is 5.14. The first-order chi connectivity index (χ1) is 11.3. The van der Waals surface area contributed by atoms with Crippen molar-refractivity contribution in [3.05, 3.63) is 35.7 Å². The van der Waals surface area contributed by atoms with Crippen molar-refractivity contribution in [2.45, 2.75) is 38.1 Å². The van der Waals surface area contributed by atoms with Crippen LogP contribution in [0.3, 0.4) is 0 Å². The Hall–Kier alpha value is -2.06. The molecule has 5 nitrogen and oxygen atoms in total. The van der Waals surface area contributed by atoms with Crippen molar-refractivity contribution < 1.29 is 9.53 Å². The Bertz CT molecular complexity index is 565. The summed E-state index contributed by atoms with van der Waals surface area (Å²) in [5.41, 5.74) is 0.548. The number of rotatable bonds is 2. The topological polar surface area (TPSA) is 37.1 Å². The summed E-state index contributed by atoms with van der Waals surface area (Å²) < 4.78 is 5.40. The monoisotopic (exact) mass is 313 g/mol. The summed E-state index contributed by atoms with van der Waals surface area (Å²) in [7, 11) is 0. The van der Waals surface area contributed by atoms with Crippen LogP contribution in [0.5, 0.6) is 5.75 Å². The Labute approximate surface area is 137 Å². The number of carbonyl (C=O) groups is 1. The molecule has 0 aliphatic carbocycles. The van der Waals surface area contributed by atoms with Gasteiger partial charge in [-0.05, 0) is 50.9 Å². The molecule has 23 heavy (non-hydrogen) atoms. The molecule has 5 heteroatoms. The molecule has 0 spiro atoms. The van der Waals surface area contributed by atoms with Crippen LogP contribution in [-0.4, -0.2) is 48.1 Å². The zero-order chi connectivity index (χ0) is 16.1. The molecule has 0 N–H and O–H groups in total. The molecule has 0 aromatic heterocycles. The van der Waals surface area contributed by atoms with Gasteiger partial charge in [0.25, 0.3) is 0 Å². The predicted molar refractivity (Wildman–Crippen MR) is 88.7 cm³/mol. The number of ether oxygens (including phenoxy) is 1. The summed E-state index contributed by atoms with van der Waals surface area (Å²) in [6, 6.07) is 7.30. The van der Waals surface area contributed by atoms with Gasteiger partial charge in [-0.15, -0.1) is 0 Å². The molecule has 1 aromatic rings. The van der Waals surface area contributed by atoms with Crippen molar-refractivity contribution >= 4 is 11.8 Å². The number of nitrogens with zero attached hydrogens (tertiary/aromatic N) is 3. The van der Waals surface area contributed by atoms with Gasteiger partial charge < -0.3 is 14.5 Å². The van der Waals surface area contributed by atoms with Crippen LogP contribution in [0.1, 0.15) is 32.1 Å². The van der Waals surface area contributed by atoms with Crippen LogP contribution in [0.25, 0.3) is 4.85 Å². The minimum absolute atomic E-state index is 0.280. The smallest absolute Gasteiger partial charge is 0.410 e. The standard InChI is InChI=1S/C18H23N3O2/c1-19-15-5-7-17(8-6-15)23-18(22)21-13-9-16(10-14-21)20-11-3-2-4-12-20/h5-8,16H,2-4,9-14H2. The normalized spacial score (nSPS) is 20.0. The molecule has 1 aromatic carbocycles.